The van der Waals surface area contributed by atoms with Crippen molar-refractivity contribution in [2.24, 2.45) is 0 Å². The first-order valence-corrected chi connectivity index (χ1v) is 12.6. The number of aryl methyl sites for hydroxylation is 1. The zero-order valence-corrected chi connectivity index (χ0v) is 20.9. The van der Waals surface area contributed by atoms with Crippen LogP contribution in [0.15, 0.2) is 65.7 Å². The van der Waals surface area contributed by atoms with Crippen LogP contribution in [0, 0.1) is 0 Å². The van der Waals surface area contributed by atoms with Crippen molar-refractivity contribution in [3.63, 3.8) is 0 Å². The summed E-state index contributed by atoms with van der Waals surface area (Å²) >= 11 is 7.44. The molecule has 3 N–H and O–H groups in total. The van der Waals surface area contributed by atoms with Gasteiger partial charge in [0, 0.05) is 48.5 Å². The monoisotopic (exact) mass is 510 g/mol. The Labute approximate surface area is 212 Å². The van der Waals surface area contributed by atoms with E-state index >= 15 is 0 Å². The molecule has 0 bridgehead atoms. The SMILES string of the molecule is CCCn1cc(C(=O)NCc2ccc(Cl)cc2)c(=O)c2cc(CNCC(O)c3ccccn3)sc21. The molecule has 0 aliphatic rings. The Hall–Kier alpha value is -3.04. The molecule has 4 rings (SSSR count). The van der Waals surface area contributed by atoms with Gasteiger partial charge in [0.1, 0.15) is 16.5 Å². The van der Waals surface area contributed by atoms with Crippen molar-refractivity contribution in [3.8, 4) is 0 Å². The van der Waals surface area contributed by atoms with Crippen molar-refractivity contribution >= 4 is 39.1 Å². The largest absolute Gasteiger partial charge is 0.385 e. The van der Waals surface area contributed by atoms with E-state index in [9.17, 15) is 14.7 Å². The van der Waals surface area contributed by atoms with Gasteiger partial charge in [0.05, 0.1) is 11.1 Å². The molecule has 0 aliphatic carbocycles. The van der Waals surface area contributed by atoms with Crippen LogP contribution in [-0.2, 0) is 19.6 Å². The van der Waals surface area contributed by atoms with Crippen LogP contribution in [0.4, 0.5) is 0 Å². The minimum Gasteiger partial charge on any atom is -0.385 e. The number of nitrogens with zero attached hydrogens (tertiary/aromatic N) is 2. The van der Waals surface area contributed by atoms with Crippen LogP contribution in [-0.4, -0.2) is 27.1 Å². The average molecular weight is 511 g/mol. The van der Waals surface area contributed by atoms with Crippen LogP contribution < -0.4 is 16.1 Å². The number of benzene rings is 1. The number of carbonyl (C=O) groups is 1. The van der Waals surface area contributed by atoms with E-state index in [1.807, 2.05) is 28.8 Å². The van der Waals surface area contributed by atoms with E-state index in [0.29, 0.717) is 42.3 Å². The number of pyridine rings is 2. The lowest BCUT2D eigenvalue weighted by Gasteiger charge is -2.11. The number of aliphatic hydroxyl groups is 1. The molecule has 1 amide bonds. The number of nitrogens with one attached hydrogen (secondary N) is 2. The summed E-state index contributed by atoms with van der Waals surface area (Å²) < 4.78 is 1.98. The van der Waals surface area contributed by atoms with Crippen molar-refractivity contribution in [2.45, 2.75) is 39.1 Å². The molecule has 0 radical (unpaired) electrons. The lowest BCUT2D eigenvalue weighted by atomic mass is 10.1. The van der Waals surface area contributed by atoms with E-state index in [0.717, 1.165) is 21.7 Å². The zero-order valence-electron chi connectivity index (χ0n) is 19.3. The van der Waals surface area contributed by atoms with Crippen LogP contribution in [0.1, 0.15) is 45.9 Å². The van der Waals surface area contributed by atoms with E-state index < -0.39 is 12.0 Å². The van der Waals surface area contributed by atoms with Gasteiger partial charge in [-0.25, -0.2) is 0 Å². The molecule has 0 aliphatic heterocycles. The third kappa shape index (κ3) is 6.15. The molecule has 0 saturated carbocycles. The third-order valence-electron chi connectivity index (χ3n) is 5.54. The first-order valence-electron chi connectivity index (χ1n) is 11.4. The fourth-order valence-corrected chi connectivity index (χ4v) is 5.02. The van der Waals surface area contributed by atoms with Gasteiger partial charge in [-0.3, -0.25) is 14.6 Å². The van der Waals surface area contributed by atoms with Gasteiger partial charge >= 0.3 is 0 Å². The highest BCUT2D eigenvalue weighted by molar-refractivity contribution is 7.18. The van der Waals surface area contributed by atoms with Crippen molar-refractivity contribution in [1.82, 2.24) is 20.2 Å². The summed E-state index contributed by atoms with van der Waals surface area (Å²) in [6.45, 7) is 3.88. The van der Waals surface area contributed by atoms with Crippen molar-refractivity contribution in [3.05, 3.63) is 97.9 Å². The fourth-order valence-electron chi connectivity index (χ4n) is 3.77. The van der Waals surface area contributed by atoms with Gasteiger partial charge in [-0.05, 0) is 42.3 Å². The van der Waals surface area contributed by atoms with E-state index in [1.54, 1.807) is 36.7 Å². The standard InChI is InChI=1S/C26H27ClN4O3S/c1-2-11-31-16-21(25(34)30-13-17-6-8-18(27)9-7-17)24(33)20-12-19(35-26(20)31)14-28-15-23(32)22-5-3-4-10-29-22/h3-10,12,16,23,28,32H,2,11,13-15H2,1H3,(H,30,34). The van der Waals surface area contributed by atoms with Gasteiger partial charge in [-0.15, -0.1) is 11.3 Å². The summed E-state index contributed by atoms with van der Waals surface area (Å²) in [4.78, 5) is 32.1. The predicted molar refractivity (Wildman–Crippen MR) is 140 cm³/mol. The number of thiophene rings is 1. The molecule has 0 saturated heterocycles. The number of hydrogen-bond donors (Lipinski definition) is 3. The van der Waals surface area contributed by atoms with Crippen molar-refractivity contribution < 1.29 is 9.90 Å². The summed E-state index contributed by atoms with van der Waals surface area (Å²) in [5.74, 6) is -0.402. The molecular weight excluding hydrogens is 484 g/mol. The lowest BCUT2D eigenvalue weighted by Crippen LogP contribution is -2.29. The Morgan fingerprint density at radius 2 is 2.00 bits per heavy atom. The number of aromatic nitrogens is 2. The molecule has 9 heteroatoms. The van der Waals surface area contributed by atoms with Gasteiger partial charge in [-0.1, -0.05) is 36.7 Å². The van der Waals surface area contributed by atoms with Crippen LogP contribution >= 0.6 is 22.9 Å². The minimum atomic E-state index is -0.721. The number of amides is 1. The van der Waals surface area contributed by atoms with Gasteiger partial charge in [-0.2, -0.15) is 0 Å². The van der Waals surface area contributed by atoms with Gasteiger partial charge in [0.25, 0.3) is 5.91 Å². The number of halogens is 1. The van der Waals surface area contributed by atoms with Crippen LogP contribution in [0.3, 0.4) is 0 Å². The van der Waals surface area contributed by atoms with E-state index in [2.05, 4.69) is 22.5 Å². The quantitative estimate of drug-likeness (QED) is 0.296. The molecule has 1 atom stereocenters. The molecule has 1 unspecified atom stereocenters. The summed E-state index contributed by atoms with van der Waals surface area (Å²) in [6, 6.07) is 14.5. The van der Waals surface area contributed by atoms with Gasteiger partial charge in [0.15, 0.2) is 0 Å². The number of rotatable bonds is 10. The molecule has 4 aromatic rings. The number of carbonyl (C=O) groups excluding carboxylic acids is 1. The summed E-state index contributed by atoms with van der Waals surface area (Å²) in [5.41, 5.74) is 1.35. The van der Waals surface area contributed by atoms with Crippen LogP contribution in [0.25, 0.3) is 10.2 Å². The number of fused-ring (bicyclic) bond motifs is 1. The second-order valence-corrected chi connectivity index (χ2v) is 9.76. The lowest BCUT2D eigenvalue weighted by molar-refractivity contribution is 0.0949. The number of aliphatic hydroxyl groups excluding tert-OH is 1. The average Bonchev–Trinajstić information content (AvgIpc) is 3.30. The second-order valence-electron chi connectivity index (χ2n) is 8.21. The Balaban J connectivity index is 1.50. The normalized spacial score (nSPS) is 12.1. The Kier molecular flexibility index (Phi) is 8.30. The maximum atomic E-state index is 13.2. The molecule has 3 aromatic heterocycles. The minimum absolute atomic E-state index is 0.128. The predicted octanol–water partition coefficient (Wildman–Crippen LogP) is 4.27. The molecular formula is C26H27ClN4O3S. The Morgan fingerprint density at radius 3 is 2.71 bits per heavy atom. The summed E-state index contributed by atoms with van der Waals surface area (Å²) in [5, 5.41) is 17.5. The summed E-state index contributed by atoms with van der Waals surface area (Å²) in [6.07, 6.45) is 3.45. The molecule has 0 fully saturated rings. The highest BCUT2D eigenvalue weighted by Gasteiger charge is 2.18. The van der Waals surface area contributed by atoms with Crippen LogP contribution in [0.2, 0.25) is 5.02 Å². The molecule has 7 nitrogen and oxygen atoms in total. The van der Waals surface area contributed by atoms with Crippen molar-refractivity contribution in [1.29, 1.82) is 0 Å². The van der Waals surface area contributed by atoms with Gasteiger partial charge < -0.3 is 20.3 Å². The van der Waals surface area contributed by atoms with Crippen LogP contribution in [0.5, 0.6) is 0 Å². The highest BCUT2D eigenvalue weighted by Crippen LogP contribution is 2.25. The molecule has 3 heterocycles. The second kappa shape index (κ2) is 11.6. The molecule has 1 aromatic carbocycles. The fraction of sp³-hybridized carbons (Fsp3) is 0.269. The smallest absolute Gasteiger partial charge is 0.257 e. The first-order chi connectivity index (χ1) is 17.0. The maximum Gasteiger partial charge on any atom is 0.257 e. The van der Waals surface area contributed by atoms with E-state index in [-0.39, 0.29) is 11.0 Å². The van der Waals surface area contributed by atoms with E-state index in [1.165, 1.54) is 11.3 Å². The Bertz CT molecular complexity index is 1350. The zero-order chi connectivity index (χ0) is 24.8. The topological polar surface area (TPSA) is 96.2 Å². The Morgan fingerprint density at radius 1 is 1.20 bits per heavy atom. The van der Waals surface area contributed by atoms with E-state index in [4.69, 9.17) is 11.6 Å². The van der Waals surface area contributed by atoms with Crippen molar-refractivity contribution in [2.75, 3.05) is 6.54 Å². The third-order valence-corrected chi connectivity index (χ3v) is 6.96. The maximum absolute atomic E-state index is 13.2. The number of hydrogen-bond acceptors (Lipinski definition) is 6. The molecule has 0 spiro atoms. The highest BCUT2D eigenvalue weighted by atomic mass is 35.5. The van der Waals surface area contributed by atoms with Gasteiger partial charge in [0.2, 0.25) is 5.43 Å². The molecule has 182 valence electrons. The first kappa shape index (κ1) is 25.1. The summed E-state index contributed by atoms with van der Waals surface area (Å²) in [7, 11) is 0. The molecule has 35 heavy (non-hydrogen) atoms.